The van der Waals surface area contributed by atoms with E-state index in [-0.39, 0.29) is 0 Å². The van der Waals surface area contributed by atoms with Crippen LogP contribution in [0, 0.1) is 0 Å². The van der Waals surface area contributed by atoms with Crippen LogP contribution in [-0.2, 0) is 6.54 Å². The van der Waals surface area contributed by atoms with Crippen LogP contribution in [0.1, 0.15) is 35.6 Å². The van der Waals surface area contributed by atoms with Crippen molar-refractivity contribution in [2.24, 2.45) is 0 Å². The maximum atomic E-state index is 5.39. The average molecular weight is 326 g/mol. The predicted molar refractivity (Wildman–Crippen MR) is 91.8 cm³/mol. The van der Waals surface area contributed by atoms with Crippen LogP contribution in [0.25, 0.3) is 0 Å². The highest BCUT2D eigenvalue weighted by Gasteiger charge is 2.16. The van der Waals surface area contributed by atoms with Gasteiger partial charge < -0.3 is 15.0 Å². The molecule has 2 heterocycles. The van der Waals surface area contributed by atoms with Gasteiger partial charge in [-0.15, -0.1) is 11.3 Å². The third-order valence-electron chi connectivity index (χ3n) is 3.20. The highest BCUT2D eigenvalue weighted by molar-refractivity contribution is 7.15. The van der Waals surface area contributed by atoms with Crippen molar-refractivity contribution in [3.8, 4) is 5.88 Å². The molecule has 4 nitrogen and oxygen atoms in total. The second-order valence-electron chi connectivity index (χ2n) is 5.06. The first kappa shape index (κ1) is 16.3. The van der Waals surface area contributed by atoms with Gasteiger partial charge in [0.15, 0.2) is 5.13 Å². The zero-order valence-electron chi connectivity index (χ0n) is 13.0. The number of nitrogens with one attached hydrogen (secondary N) is 1. The van der Waals surface area contributed by atoms with E-state index >= 15 is 0 Å². The maximum Gasteiger partial charge on any atom is 0.230 e. The van der Waals surface area contributed by atoms with Crippen LogP contribution < -0.4 is 15.0 Å². The number of hydrogen-bond donors (Lipinski definition) is 1. The minimum Gasteiger partial charge on any atom is -0.480 e. The normalized spacial score (nSPS) is 12.4. The molecule has 0 bridgehead atoms. The second kappa shape index (κ2) is 7.77. The third-order valence-corrected chi connectivity index (χ3v) is 5.39. The van der Waals surface area contributed by atoms with Crippen molar-refractivity contribution < 1.29 is 4.74 Å². The summed E-state index contributed by atoms with van der Waals surface area (Å²) >= 11 is 3.49. The number of thiophene rings is 1. The molecule has 0 aliphatic rings. The number of rotatable bonds is 8. The summed E-state index contributed by atoms with van der Waals surface area (Å²) in [5.74, 6) is 0.734. The fourth-order valence-electron chi connectivity index (χ4n) is 2.13. The molecule has 0 amide bonds. The number of thiazole rings is 1. The molecular formula is C15H23N3OS2. The lowest BCUT2D eigenvalue weighted by Gasteiger charge is -2.16. The average Bonchev–Trinajstić information content (AvgIpc) is 3.12. The van der Waals surface area contributed by atoms with Gasteiger partial charge in [-0.05, 0) is 17.9 Å². The van der Waals surface area contributed by atoms with E-state index in [4.69, 9.17) is 4.74 Å². The SMILES string of the molecule is CCCC(NCc1sc(N(C)C)nc1OC)c1cccs1. The maximum absolute atomic E-state index is 5.39. The Morgan fingerprint density at radius 2 is 2.24 bits per heavy atom. The number of aromatic nitrogens is 1. The molecule has 2 rings (SSSR count). The molecule has 0 aliphatic carbocycles. The Hall–Kier alpha value is -1.11. The topological polar surface area (TPSA) is 37.4 Å². The second-order valence-corrected chi connectivity index (χ2v) is 7.10. The van der Waals surface area contributed by atoms with Crippen LogP contribution in [0.15, 0.2) is 17.5 Å². The highest BCUT2D eigenvalue weighted by atomic mass is 32.1. The number of nitrogens with zero attached hydrogens (tertiary/aromatic N) is 2. The van der Waals surface area contributed by atoms with E-state index in [0.29, 0.717) is 6.04 Å². The molecule has 0 fully saturated rings. The Balaban J connectivity index is 2.06. The minimum atomic E-state index is 0.407. The van der Waals surface area contributed by atoms with E-state index in [9.17, 15) is 0 Å². The summed E-state index contributed by atoms with van der Waals surface area (Å²) in [6.07, 6.45) is 2.31. The number of hydrogen-bond acceptors (Lipinski definition) is 6. The summed E-state index contributed by atoms with van der Waals surface area (Å²) in [7, 11) is 5.68. The fourth-order valence-corrected chi connectivity index (χ4v) is 3.87. The lowest BCUT2D eigenvalue weighted by molar-refractivity contribution is 0.392. The Labute approximate surface area is 134 Å². The van der Waals surface area contributed by atoms with E-state index in [1.807, 2.05) is 30.3 Å². The van der Waals surface area contributed by atoms with Crippen molar-refractivity contribution in [2.45, 2.75) is 32.4 Å². The van der Waals surface area contributed by atoms with Gasteiger partial charge in [0.1, 0.15) is 0 Å². The molecule has 1 N–H and O–H groups in total. The zero-order valence-corrected chi connectivity index (χ0v) is 14.7. The standard InChI is InChI=1S/C15H23N3OS2/c1-5-7-11(12-8-6-9-20-12)16-10-13-14(19-4)17-15(21-13)18(2)3/h6,8-9,11,16H,5,7,10H2,1-4H3. The van der Waals surface area contributed by atoms with Crippen LogP contribution in [0.5, 0.6) is 5.88 Å². The Morgan fingerprint density at radius 3 is 2.81 bits per heavy atom. The van der Waals surface area contributed by atoms with Gasteiger partial charge in [0.25, 0.3) is 0 Å². The summed E-state index contributed by atoms with van der Waals surface area (Å²) in [6.45, 7) is 3.01. The number of ether oxygens (including phenoxy) is 1. The first-order valence-electron chi connectivity index (χ1n) is 7.13. The van der Waals surface area contributed by atoms with Crippen LogP contribution in [0.3, 0.4) is 0 Å². The van der Waals surface area contributed by atoms with E-state index < -0.39 is 0 Å². The van der Waals surface area contributed by atoms with Gasteiger partial charge in [-0.1, -0.05) is 30.7 Å². The molecule has 0 saturated carbocycles. The van der Waals surface area contributed by atoms with Crippen molar-refractivity contribution in [1.82, 2.24) is 10.3 Å². The van der Waals surface area contributed by atoms with Gasteiger partial charge in [-0.2, -0.15) is 4.98 Å². The van der Waals surface area contributed by atoms with Crippen LogP contribution in [0.2, 0.25) is 0 Å². The summed E-state index contributed by atoms with van der Waals surface area (Å²) in [6, 6.07) is 4.72. The molecular weight excluding hydrogens is 302 g/mol. The minimum absolute atomic E-state index is 0.407. The van der Waals surface area contributed by atoms with Crippen LogP contribution in [0.4, 0.5) is 5.13 Å². The summed E-state index contributed by atoms with van der Waals surface area (Å²) < 4.78 is 5.39. The molecule has 1 atom stereocenters. The third kappa shape index (κ3) is 4.18. The van der Waals surface area contributed by atoms with E-state index in [1.54, 1.807) is 18.4 Å². The molecule has 0 radical (unpaired) electrons. The Morgan fingerprint density at radius 1 is 1.43 bits per heavy atom. The quantitative estimate of drug-likeness (QED) is 0.798. The van der Waals surface area contributed by atoms with Crippen molar-refractivity contribution in [3.63, 3.8) is 0 Å². The molecule has 2 aromatic rings. The lowest BCUT2D eigenvalue weighted by atomic mass is 10.1. The van der Waals surface area contributed by atoms with Crippen molar-refractivity contribution in [3.05, 3.63) is 27.3 Å². The zero-order chi connectivity index (χ0) is 15.2. The summed E-state index contributed by atoms with van der Waals surface area (Å²) in [4.78, 5) is 9.06. The molecule has 116 valence electrons. The van der Waals surface area contributed by atoms with Gasteiger partial charge in [0, 0.05) is 31.6 Å². The van der Waals surface area contributed by atoms with Gasteiger partial charge in [0.05, 0.1) is 12.0 Å². The van der Waals surface area contributed by atoms with Crippen LogP contribution in [-0.4, -0.2) is 26.2 Å². The molecule has 1 unspecified atom stereocenters. The van der Waals surface area contributed by atoms with Gasteiger partial charge in [-0.3, -0.25) is 0 Å². The largest absolute Gasteiger partial charge is 0.480 e. The summed E-state index contributed by atoms with van der Waals surface area (Å²) in [5, 5.41) is 6.76. The Kier molecular flexibility index (Phi) is 6.02. The molecule has 0 saturated heterocycles. The smallest absolute Gasteiger partial charge is 0.230 e. The number of anilines is 1. The van der Waals surface area contributed by atoms with Gasteiger partial charge >= 0.3 is 0 Å². The predicted octanol–water partition coefficient (Wildman–Crippen LogP) is 3.91. The van der Waals surface area contributed by atoms with Crippen molar-refractivity contribution in [1.29, 1.82) is 0 Å². The van der Waals surface area contributed by atoms with Crippen molar-refractivity contribution in [2.75, 3.05) is 26.1 Å². The number of methoxy groups -OCH3 is 1. The van der Waals surface area contributed by atoms with Gasteiger partial charge in [0.2, 0.25) is 5.88 Å². The first-order valence-corrected chi connectivity index (χ1v) is 8.83. The molecule has 0 spiro atoms. The molecule has 2 aromatic heterocycles. The molecule has 0 aromatic carbocycles. The molecule has 0 aliphatic heterocycles. The van der Waals surface area contributed by atoms with E-state index in [2.05, 4.69) is 34.7 Å². The van der Waals surface area contributed by atoms with E-state index in [0.717, 1.165) is 28.9 Å². The first-order chi connectivity index (χ1) is 10.2. The molecule has 21 heavy (non-hydrogen) atoms. The molecule has 6 heteroatoms. The van der Waals surface area contributed by atoms with Crippen LogP contribution >= 0.6 is 22.7 Å². The summed E-state index contributed by atoms with van der Waals surface area (Å²) in [5.41, 5.74) is 0. The Bertz CT molecular complexity index is 537. The van der Waals surface area contributed by atoms with E-state index in [1.165, 1.54) is 11.3 Å². The fraction of sp³-hybridized carbons (Fsp3) is 0.533. The highest BCUT2D eigenvalue weighted by Crippen LogP contribution is 2.31. The van der Waals surface area contributed by atoms with Gasteiger partial charge in [-0.25, -0.2) is 0 Å². The lowest BCUT2D eigenvalue weighted by Crippen LogP contribution is -2.19. The monoisotopic (exact) mass is 325 g/mol. The van der Waals surface area contributed by atoms with Crippen molar-refractivity contribution >= 4 is 27.8 Å².